The minimum absolute atomic E-state index is 0.880. The van der Waals surface area contributed by atoms with Gasteiger partial charge in [-0.05, 0) is 58.8 Å². The third-order valence-corrected chi connectivity index (χ3v) is 4.32. The van der Waals surface area contributed by atoms with Crippen LogP contribution in [0.4, 0.5) is 5.69 Å². The fraction of sp³-hybridized carbons (Fsp3) is 0.250. The van der Waals surface area contributed by atoms with Gasteiger partial charge >= 0.3 is 0 Å². The molecule has 0 atom stereocenters. The van der Waals surface area contributed by atoms with Crippen molar-refractivity contribution in [2.45, 2.75) is 34.6 Å². The Morgan fingerprint density at radius 3 is 1.92 bits per heavy atom. The van der Waals surface area contributed by atoms with Crippen LogP contribution in [0.5, 0.6) is 5.75 Å². The van der Waals surface area contributed by atoms with Crippen LogP contribution in [0.1, 0.15) is 34.6 Å². The highest BCUT2D eigenvalue weighted by Crippen LogP contribution is 2.40. The number of nitrogens with zero attached hydrogens (tertiary/aromatic N) is 1. The average Bonchev–Trinajstić information content (AvgIpc) is 2.69. The fourth-order valence-corrected chi connectivity index (χ4v) is 3.17. The van der Waals surface area contributed by atoms with Crippen LogP contribution >= 0.6 is 0 Å². The molecule has 0 bridgehead atoms. The van der Waals surface area contributed by atoms with Crippen LogP contribution in [0.3, 0.4) is 0 Å². The highest BCUT2D eigenvalue weighted by molar-refractivity contribution is 6.00. The van der Waals surface area contributed by atoms with E-state index in [1.807, 2.05) is 40.7 Å². The minimum atomic E-state index is 0.880. The zero-order chi connectivity index (χ0) is 19.3. The molecule has 2 nitrogen and oxygen atoms in total. The number of likely N-dealkylation sites (N-methyl/N-ethyl adjacent to an activating group) is 1. The first-order valence-corrected chi connectivity index (χ1v) is 9.39. The molecule has 4 rings (SSSR count). The van der Waals surface area contributed by atoms with E-state index in [4.69, 9.17) is 4.74 Å². The summed E-state index contributed by atoms with van der Waals surface area (Å²) in [5.41, 5.74) is 2.08. The minimum Gasteiger partial charge on any atom is -0.458 e. The van der Waals surface area contributed by atoms with Crippen LogP contribution in [-0.4, -0.2) is 7.05 Å². The molecule has 0 aromatic heterocycles. The molecule has 2 heteroatoms. The molecule has 136 valence electrons. The van der Waals surface area contributed by atoms with E-state index in [0.717, 1.165) is 22.9 Å². The topological polar surface area (TPSA) is 12.5 Å². The van der Waals surface area contributed by atoms with Crippen molar-refractivity contribution in [1.29, 1.82) is 0 Å². The summed E-state index contributed by atoms with van der Waals surface area (Å²) in [7, 11) is 2.05. The number of benzene rings is 3. The Labute approximate surface area is 157 Å². The van der Waals surface area contributed by atoms with Crippen molar-refractivity contribution < 1.29 is 4.74 Å². The van der Waals surface area contributed by atoms with E-state index < -0.39 is 0 Å². The van der Waals surface area contributed by atoms with E-state index in [0.29, 0.717) is 0 Å². The van der Waals surface area contributed by atoms with E-state index in [1.54, 1.807) is 0 Å². The van der Waals surface area contributed by atoms with Gasteiger partial charge in [0.05, 0.1) is 11.4 Å². The summed E-state index contributed by atoms with van der Waals surface area (Å²) in [5, 5.41) is 4.92. The predicted molar refractivity (Wildman–Crippen MR) is 116 cm³/mol. The monoisotopic (exact) mass is 347 g/mol. The largest absolute Gasteiger partial charge is 0.458 e. The van der Waals surface area contributed by atoms with Crippen molar-refractivity contribution in [3.05, 3.63) is 72.6 Å². The van der Waals surface area contributed by atoms with Crippen LogP contribution in [0.15, 0.2) is 72.6 Å². The molecular formula is C24H29NO. The fourth-order valence-electron chi connectivity index (χ4n) is 3.17. The maximum atomic E-state index is 5.99. The van der Waals surface area contributed by atoms with Crippen molar-refractivity contribution >= 4 is 27.2 Å². The Hall–Kier alpha value is -2.74. The number of hydrogen-bond donors (Lipinski definition) is 0. The maximum absolute atomic E-state index is 5.99. The van der Waals surface area contributed by atoms with Gasteiger partial charge in [0.1, 0.15) is 5.76 Å². The first kappa shape index (κ1) is 19.6. The Balaban J connectivity index is 0.000000570. The molecule has 0 spiro atoms. The zero-order valence-corrected chi connectivity index (χ0v) is 16.8. The zero-order valence-electron chi connectivity index (χ0n) is 16.8. The van der Waals surface area contributed by atoms with Crippen LogP contribution in [0.25, 0.3) is 21.5 Å². The summed E-state index contributed by atoms with van der Waals surface area (Å²) in [5.74, 6) is 1.78. The van der Waals surface area contributed by atoms with E-state index in [9.17, 15) is 0 Å². The number of anilines is 1. The van der Waals surface area contributed by atoms with Gasteiger partial charge in [0, 0.05) is 7.05 Å². The molecule has 26 heavy (non-hydrogen) atoms. The first-order chi connectivity index (χ1) is 12.7. The van der Waals surface area contributed by atoms with E-state index >= 15 is 0 Å². The molecule has 1 aliphatic heterocycles. The van der Waals surface area contributed by atoms with Gasteiger partial charge in [-0.2, -0.15) is 0 Å². The van der Waals surface area contributed by atoms with Gasteiger partial charge in [0.25, 0.3) is 0 Å². The Morgan fingerprint density at radius 1 is 0.846 bits per heavy atom. The molecule has 0 radical (unpaired) electrons. The molecule has 1 aliphatic rings. The van der Waals surface area contributed by atoms with Gasteiger partial charge in [-0.25, -0.2) is 0 Å². The van der Waals surface area contributed by atoms with E-state index in [1.165, 1.54) is 21.5 Å². The number of rotatable bonds is 1. The number of allylic oxidation sites excluding steroid dienone is 2. The van der Waals surface area contributed by atoms with Crippen LogP contribution in [0.2, 0.25) is 0 Å². The van der Waals surface area contributed by atoms with Gasteiger partial charge in [-0.1, -0.05) is 58.5 Å². The number of fused-ring (bicyclic) bond motifs is 3. The van der Waals surface area contributed by atoms with Gasteiger partial charge in [-0.3, -0.25) is 0 Å². The molecule has 3 aromatic rings. The second-order valence-electron chi connectivity index (χ2n) is 5.67. The molecule has 3 aromatic carbocycles. The average molecular weight is 348 g/mol. The molecule has 0 aliphatic carbocycles. The van der Waals surface area contributed by atoms with Crippen molar-refractivity contribution in [3.63, 3.8) is 0 Å². The Bertz CT molecular complexity index is 953. The molecule has 0 amide bonds. The molecule has 0 saturated carbocycles. The van der Waals surface area contributed by atoms with Gasteiger partial charge in [-0.15, -0.1) is 0 Å². The second kappa shape index (κ2) is 8.57. The predicted octanol–water partition coefficient (Wildman–Crippen LogP) is 7.29. The summed E-state index contributed by atoms with van der Waals surface area (Å²) < 4.78 is 5.99. The summed E-state index contributed by atoms with van der Waals surface area (Å²) in [6.07, 6.45) is 1.84. The van der Waals surface area contributed by atoms with Crippen LogP contribution < -0.4 is 9.64 Å². The summed E-state index contributed by atoms with van der Waals surface area (Å²) in [6.45, 7) is 13.9. The third kappa shape index (κ3) is 3.45. The highest BCUT2D eigenvalue weighted by atomic mass is 16.5. The molecule has 0 saturated heterocycles. The Morgan fingerprint density at radius 2 is 1.38 bits per heavy atom. The quantitative estimate of drug-likeness (QED) is 0.428. The lowest BCUT2D eigenvalue weighted by Crippen LogP contribution is -2.22. The van der Waals surface area contributed by atoms with Crippen molar-refractivity contribution in [1.82, 2.24) is 0 Å². The molecular weight excluding hydrogens is 318 g/mol. The standard InChI is InChI=1S/C20H17NO.2C2H6/c1-4-18-13(2)22-20-12-17-10-15-8-6-5-7-14(15)9-16(17)11-19(20)21(18)3;2*1-2/h4-12H,1H2,2-3H3;2*1-2H3. The third-order valence-electron chi connectivity index (χ3n) is 4.32. The normalized spacial score (nSPS) is 12.5. The first-order valence-electron chi connectivity index (χ1n) is 9.39. The lowest BCUT2D eigenvalue weighted by Gasteiger charge is -2.30. The highest BCUT2D eigenvalue weighted by Gasteiger charge is 2.21. The van der Waals surface area contributed by atoms with Gasteiger partial charge in [0.2, 0.25) is 0 Å². The Kier molecular flexibility index (Phi) is 6.46. The lowest BCUT2D eigenvalue weighted by molar-refractivity contribution is 0.413. The molecule has 0 N–H and O–H groups in total. The maximum Gasteiger partial charge on any atom is 0.151 e. The SMILES string of the molecule is C=CC1=C(C)Oc2cc3cc4ccccc4cc3cc2N1C.CC.CC. The van der Waals surface area contributed by atoms with Crippen LogP contribution in [0, 0.1) is 0 Å². The molecule has 0 unspecified atom stereocenters. The summed E-state index contributed by atoms with van der Waals surface area (Å²) in [6, 6.07) is 17.2. The van der Waals surface area contributed by atoms with Crippen molar-refractivity contribution in [3.8, 4) is 5.75 Å². The lowest BCUT2D eigenvalue weighted by atomic mass is 10.0. The molecule has 0 fully saturated rings. The van der Waals surface area contributed by atoms with Crippen molar-refractivity contribution in [2.24, 2.45) is 0 Å². The van der Waals surface area contributed by atoms with E-state index in [2.05, 4.69) is 67.1 Å². The summed E-state index contributed by atoms with van der Waals surface area (Å²) in [4.78, 5) is 2.13. The molecule has 1 heterocycles. The van der Waals surface area contributed by atoms with Gasteiger partial charge < -0.3 is 9.64 Å². The van der Waals surface area contributed by atoms with Crippen molar-refractivity contribution in [2.75, 3.05) is 11.9 Å². The van der Waals surface area contributed by atoms with Crippen LogP contribution in [-0.2, 0) is 0 Å². The second-order valence-corrected chi connectivity index (χ2v) is 5.67. The smallest absolute Gasteiger partial charge is 0.151 e. The van der Waals surface area contributed by atoms with Gasteiger partial charge in [0.15, 0.2) is 5.75 Å². The number of ether oxygens (including phenoxy) is 1. The van der Waals surface area contributed by atoms with E-state index in [-0.39, 0.29) is 0 Å². The number of hydrogen-bond acceptors (Lipinski definition) is 2. The summed E-state index contributed by atoms with van der Waals surface area (Å²) >= 11 is 0.